The Balaban J connectivity index is 2.05. The molecule has 0 saturated heterocycles. The van der Waals surface area contributed by atoms with Crippen LogP contribution in [-0.4, -0.2) is 30.6 Å². The molecule has 4 nitrogen and oxygen atoms in total. The molecule has 2 rings (SSSR count). The van der Waals surface area contributed by atoms with Crippen molar-refractivity contribution >= 4 is 5.96 Å². The lowest BCUT2D eigenvalue weighted by atomic mass is 10.1. The Hall–Kier alpha value is -1.71. The van der Waals surface area contributed by atoms with Crippen molar-refractivity contribution in [2.75, 3.05) is 19.7 Å². The van der Waals surface area contributed by atoms with Crippen molar-refractivity contribution in [2.45, 2.75) is 32.7 Å². The van der Waals surface area contributed by atoms with E-state index in [2.05, 4.69) is 35.9 Å². The minimum Gasteiger partial charge on any atom is -0.494 e. The van der Waals surface area contributed by atoms with Gasteiger partial charge in [-0.25, -0.2) is 0 Å². The monoisotopic (exact) mass is 261 g/mol. The zero-order valence-corrected chi connectivity index (χ0v) is 11.8. The number of guanidine groups is 1. The van der Waals surface area contributed by atoms with E-state index in [0.717, 1.165) is 38.3 Å². The topological polar surface area (TPSA) is 50.9 Å². The molecule has 1 aliphatic heterocycles. The Morgan fingerprint density at radius 2 is 2.00 bits per heavy atom. The number of ether oxygens (including phenoxy) is 1. The van der Waals surface area contributed by atoms with Gasteiger partial charge in [-0.2, -0.15) is 0 Å². The summed E-state index contributed by atoms with van der Waals surface area (Å²) in [5.41, 5.74) is 7.19. The van der Waals surface area contributed by atoms with Crippen LogP contribution in [0.5, 0.6) is 5.75 Å². The Labute approximate surface area is 115 Å². The molecule has 19 heavy (non-hydrogen) atoms. The van der Waals surface area contributed by atoms with Gasteiger partial charge in [0.2, 0.25) is 0 Å². The second-order valence-electron chi connectivity index (χ2n) is 4.83. The number of nitrogens with zero attached hydrogens (tertiary/aromatic N) is 2. The molecule has 0 bridgehead atoms. The normalized spacial score (nSPS) is 18.5. The van der Waals surface area contributed by atoms with Gasteiger partial charge in [-0.3, -0.25) is 4.99 Å². The van der Waals surface area contributed by atoms with Crippen LogP contribution in [0.25, 0.3) is 0 Å². The highest BCUT2D eigenvalue weighted by Crippen LogP contribution is 2.27. The van der Waals surface area contributed by atoms with E-state index < -0.39 is 0 Å². The average molecular weight is 261 g/mol. The first-order valence-electron chi connectivity index (χ1n) is 7.05. The number of rotatable bonds is 6. The quantitative estimate of drug-likeness (QED) is 0.856. The molecule has 1 unspecified atom stereocenters. The van der Waals surface area contributed by atoms with Gasteiger partial charge in [-0.15, -0.1) is 0 Å². The zero-order valence-electron chi connectivity index (χ0n) is 11.8. The van der Waals surface area contributed by atoms with Crippen molar-refractivity contribution in [1.82, 2.24) is 4.90 Å². The molecule has 1 aromatic carbocycles. The van der Waals surface area contributed by atoms with Gasteiger partial charge in [0.15, 0.2) is 5.96 Å². The Morgan fingerprint density at radius 1 is 1.26 bits per heavy atom. The molecule has 1 heterocycles. The van der Waals surface area contributed by atoms with E-state index >= 15 is 0 Å². The van der Waals surface area contributed by atoms with E-state index in [4.69, 9.17) is 10.5 Å². The lowest BCUT2D eigenvalue weighted by Gasteiger charge is -2.26. The lowest BCUT2D eigenvalue weighted by molar-refractivity contribution is 0.316. The molecule has 0 amide bonds. The molecule has 0 fully saturated rings. The molecule has 1 atom stereocenters. The summed E-state index contributed by atoms with van der Waals surface area (Å²) < 4.78 is 5.60. The van der Waals surface area contributed by atoms with Crippen LogP contribution in [-0.2, 0) is 0 Å². The van der Waals surface area contributed by atoms with E-state index in [0.29, 0.717) is 5.96 Å². The van der Waals surface area contributed by atoms with E-state index in [1.54, 1.807) is 0 Å². The van der Waals surface area contributed by atoms with Gasteiger partial charge in [0.05, 0.1) is 19.2 Å². The summed E-state index contributed by atoms with van der Waals surface area (Å²) in [6.07, 6.45) is 2.10. The molecule has 104 valence electrons. The average Bonchev–Trinajstić information content (AvgIpc) is 2.79. The molecular formula is C15H23N3O. The maximum absolute atomic E-state index is 5.94. The highest BCUT2D eigenvalue weighted by Gasteiger charge is 2.26. The molecule has 0 radical (unpaired) electrons. The SMILES string of the molecule is CCCOc1ccc(C2CN=C(N)N2CCC)cc1. The summed E-state index contributed by atoms with van der Waals surface area (Å²) in [6, 6.07) is 8.58. The maximum atomic E-state index is 5.94. The summed E-state index contributed by atoms with van der Waals surface area (Å²) in [5, 5.41) is 0. The van der Waals surface area contributed by atoms with Crippen LogP contribution >= 0.6 is 0 Å². The summed E-state index contributed by atoms with van der Waals surface area (Å²) in [6.45, 7) is 6.73. The summed E-state index contributed by atoms with van der Waals surface area (Å²) >= 11 is 0. The lowest BCUT2D eigenvalue weighted by Crippen LogP contribution is -2.36. The first kappa shape index (κ1) is 13.7. The number of aliphatic imine (C=N–C) groups is 1. The van der Waals surface area contributed by atoms with Gasteiger partial charge >= 0.3 is 0 Å². The molecule has 2 N–H and O–H groups in total. The standard InChI is InChI=1S/C15H23N3O/c1-3-9-18-14(11-17-15(18)16)12-5-7-13(8-6-12)19-10-4-2/h5-8,14H,3-4,9-11H2,1-2H3,(H2,16,17). The van der Waals surface area contributed by atoms with E-state index in [-0.39, 0.29) is 6.04 Å². The van der Waals surface area contributed by atoms with Crippen molar-refractivity contribution in [1.29, 1.82) is 0 Å². The molecule has 1 aliphatic rings. The number of hydrogen-bond acceptors (Lipinski definition) is 4. The van der Waals surface area contributed by atoms with Crippen LogP contribution in [0, 0.1) is 0 Å². The van der Waals surface area contributed by atoms with Gasteiger partial charge in [0.25, 0.3) is 0 Å². The Bertz CT molecular complexity index is 428. The second kappa shape index (κ2) is 6.45. The van der Waals surface area contributed by atoms with Crippen LogP contribution in [0.15, 0.2) is 29.3 Å². The highest BCUT2D eigenvalue weighted by atomic mass is 16.5. The maximum Gasteiger partial charge on any atom is 0.191 e. The van der Waals surface area contributed by atoms with Gasteiger partial charge in [-0.1, -0.05) is 26.0 Å². The number of benzene rings is 1. The number of nitrogens with two attached hydrogens (primary N) is 1. The van der Waals surface area contributed by atoms with E-state index in [1.165, 1.54) is 5.56 Å². The molecule has 4 heteroatoms. The first-order chi connectivity index (χ1) is 9.26. The largest absolute Gasteiger partial charge is 0.494 e. The van der Waals surface area contributed by atoms with Crippen molar-refractivity contribution in [2.24, 2.45) is 10.7 Å². The predicted octanol–water partition coefficient (Wildman–Crippen LogP) is 2.56. The summed E-state index contributed by atoms with van der Waals surface area (Å²) in [4.78, 5) is 6.54. The zero-order chi connectivity index (χ0) is 13.7. The van der Waals surface area contributed by atoms with E-state index in [9.17, 15) is 0 Å². The Kier molecular flexibility index (Phi) is 4.66. The van der Waals surface area contributed by atoms with Crippen LogP contribution < -0.4 is 10.5 Å². The van der Waals surface area contributed by atoms with Crippen LogP contribution in [0.2, 0.25) is 0 Å². The third kappa shape index (κ3) is 3.19. The van der Waals surface area contributed by atoms with E-state index in [1.807, 2.05) is 12.1 Å². The third-order valence-electron chi connectivity index (χ3n) is 3.30. The van der Waals surface area contributed by atoms with Crippen molar-refractivity contribution < 1.29 is 4.74 Å². The highest BCUT2D eigenvalue weighted by molar-refractivity contribution is 5.80. The predicted molar refractivity (Wildman–Crippen MR) is 78.5 cm³/mol. The fraction of sp³-hybridized carbons (Fsp3) is 0.533. The van der Waals surface area contributed by atoms with Crippen molar-refractivity contribution in [3.8, 4) is 5.75 Å². The van der Waals surface area contributed by atoms with Crippen LogP contribution in [0.1, 0.15) is 38.3 Å². The van der Waals surface area contributed by atoms with Crippen molar-refractivity contribution in [3.63, 3.8) is 0 Å². The van der Waals surface area contributed by atoms with Gasteiger partial charge in [0.1, 0.15) is 5.75 Å². The fourth-order valence-electron chi connectivity index (χ4n) is 2.33. The second-order valence-corrected chi connectivity index (χ2v) is 4.83. The molecule has 0 saturated carbocycles. The summed E-state index contributed by atoms with van der Waals surface area (Å²) in [5.74, 6) is 1.60. The van der Waals surface area contributed by atoms with Gasteiger partial charge in [0, 0.05) is 6.54 Å². The van der Waals surface area contributed by atoms with Crippen LogP contribution in [0.4, 0.5) is 0 Å². The third-order valence-corrected chi connectivity index (χ3v) is 3.30. The molecule has 0 spiro atoms. The molecular weight excluding hydrogens is 238 g/mol. The van der Waals surface area contributed by atoms with Crippen LogP contribution in [0.3, 0.4) is 0 Å². The van der Waals surface area contributed by atoms with Gasteiger partial charge < -0.3 is 15.4 Å². The Morgan fingerprint density at radius 3 is 2.63 bits per heavy atom. The van der Waals surface area contributed by atoms with Crippen molar-refractivity contribution in [3.05, 3.63) is 29.8 Å². The minimum atomic E-state index is 0.278. The molecule has 0 aliphatic carbocycles. The number of hydrogen-bond donors (Lipinski definition) is 1. The summed E-state index contributed by atoms with van der Waals surface area (Å²) in [7, 11) is 0. The smallest absolute Gasteiger partial charge is 0.191 e. The fourth-order valence-corrected chi connectivity index (χ4v) is 2.33. The van der Waals surface area contributed by atoms with Gasteiger partial charge in [-0.05, 0) is 30.5 Å². The molecule has 1 aromatic rings. The molecule has 0 aromatic heterocycles. The minimum absolute atomic E-state index is 0.278. The first-order valence-corrected chi connectivity index (χ1v) is 7.05.